The molecule has 0 saturated carbocycles. The van der Waals surface area contributed by atoms with E-state index in [0.29, 0.717) is 0 Å². The lowest BCUT2D eigenvalue weighted by molar-refractivity contribution is -0.151. The van der Waals surface area contributed by atoms with E-state index in [1.807, 2.05) is 0 Å². The van der Waals surface area contributed by atoms with Crippen LogP contribution in [0.15, 0.2) is 0 Å². The van der Waals surface area contributed by atoms with Gasteiger partial charge in [0, 0.05) is 13.1 Å². The number of hydrogen-bond donors (Lipinski definition) is 6. The van der Waals surface area contributed by atoms with E-state index in [4.69, 9.17) is 20.4 Å². The number of carboxylic acid groups (broad SMARTS) is 2. The van der Waals surface area contributed by atoms with Crippen LogP contribution in [0, 0.1) is 0 Å². The molecule has 0 radical (unpaired) electrons. The Hall–Kier alpha value is -1.26. The van der Waals surface area contributed by atoms with Gasteiger partial charge in [-0.15, -0.1) is 0 Å². The monoisotopic (exact) mass is 281 g/mol. The Bertz CT molecular complexity index is 285. The third-order valence-corrected chi connectivity index (χ3v) is 2.41. The molecule has 3 atom stereocenters. The van der Waals surface area contributed by atoms with Gasteiger partial charge < -0.3 is 30.6 Å². The number of aliphatic hydroxyl groups excluding tert-OH is 4. The van der Waals surface area contributed by atoms with Gasteiger partial charge in [-0.1, -0.05) is 0 Å². The molecule has 0 saturated heterocycles. The van der Waals surface area contributed by atoms with Gasteiger partial charge in [-0.25, -0.2) is 0 Å². The van der Waals surface area contributed by atoms with Crippen LogP contribution >= 0.6 is 0 Å². The predicted molar refractivity (Wildman–Crippen MR) is 61.4 cm³/mol. The highest BCUT2D eigenvalue weighted by Gasteiger charge is 2.30. The summed E-state index contributed by atoms with van der Waals surface area (Å²) in [7, 11) is 0. The summed E-state index contributed by atoms with van der Waals surface area (Å²) in [5, 5.41) is 53.7. The number of carbonyl (C=O) groups is 2. The first-order valence-corrected chi connectivity index (χ1v) is 5.58. The summed E-state index contributed by atoms with van der Waals surface area (Å²) < 4.78 is 0. The van der Waals surface area contributed by atoms with E-state index in [-0.39, 0.29) is 13.1 Å². The molecular weight excluding hydrogens is 262 g/mol. The van der Waals surface area contributed by atoms with Gasteiger partial charge in [-0.3, -0.25) is 14.5 Å². The van der Waals surface area contributed by atoms with Gasteiger partial charge >= 0.3 is 11.9 Å². The SMILES string of the molecule is O=C(O)CC(C(=O)O)N(CC(O)CO)CC(O)CO. The van der Waals surface area contributed by atoms with Crippen LogP contribution in [0.25, 0.3) is 0 Å². The summed E-state index contributed by atoms with van der Waals surface area (Å²) in [6, 6.07) is -1.47. The summed E-state index contributed by atoms with van der Waals surface area (Å²) in [5.74, 6) is -2.79. The van der Waals surface area contributed by atoms with Crippen LogP contribution < -0.4 is 0 Å². The van der Waals surface area contributed by atoms with E-state index >= 15 is 0 Å². The maximum absolute atomic E-state index is 11.0. The molecule has 0 amide bonds. The Balaban J connectivity index is 4.91. The highest BCUT2D eigenvalue weighted by Crippen LogP contribution is 2.08. The second-order valence-electron chi connectivity index (χ2n) is 4.08. The second kappa shape index (κ2) is 8.77. The molecule has 0 fully saturated rings. The maximum Gasteiger partial charge on any atom is 0.321 e. The zero-order chi connectivity index (χ0) is 15.0. The minimum atomic E-state index is -1.47. The summed E-state index contributed by atoms with van der Waals surface area (Å²) in [5.41, 5.74) is 0. The summed E-state index contributed by atoms with van der Waals surface area (Å²) >= 11 is 0. The Morgan fingerprint density at radius 3 is 1.63 bits per heavy atom. The molecule has 0 aromatic heterocycles. The molecule has 0 aliphatic rings. The molecule has 0 aliphatic carbocycles. The lowest BCUT2D eigenvalue weighted by Crippen LogP contribution is -2.50. The van der Waals surface area contributed by atoms with Gasteiger partial charge in [0.15, 0.2) is 0 Å². The Morgan fingerprint density at radius 1 is 0.947 bits per heavy atom. The smallest absolute Gasteiger partial charge is 0.321 e. The lowest BCUT2D eigenvalue weighted by Gasteiger charge is -2.30. The fourth-order valence-electron chi connectivity index (χ4n) is 1.52. The third-order valence-electron chi connectivity index (χ3n) is 2.41. The maximum atomic E-state index is 11.0. The molecule has 0 aromatic rings. The molecule has 9 nitrogen and oxygen atoms in total. The fraction of sp³-hybridized carbons (Fsp3) is 0.800. The van der Waals surface area contributed by atoms with Crippen LogP contribution in [0.3, 0.4) is 0 Å². The largest absolute Gasteiger partial charge is 0.481 e. The van der Waals surface area contributed by atoms with Crippen LogP contribution in [-0.2, 0) is 9.59 Å². The highest BCUT2D eigenvalue weighted by molar-refractivity contribution is 5.80. The molecule has 0 aliphatic heterocycles. The summed E-state index contributed by atoms with van der Waals surface area (Å²) in [6.07, 6.45) is -3.28. The number of aliphatic hydroxyl groups is 4. The minimum absolute atomic E-state index is 0.336. The third kappa shape index (κ3) is 7.03. The van der Waals surface area contributed by atoms with Crippen molar-refractivity contribution in [2.45, 2.75) is 24.7 Å². The molecule has 0 aromatic carbocycles. The topological polar surface area (TPSA) is 159 Å². The number of nitrogens with zero attached hydrogens (tertiary/aromatic N) is 1. The molecule has 3 unspecified atom stereocenters. The van der Waals surface area contributed by atoms with E-state index in [0.717, 1.165) is 4.90 Å². The highest BCUT2D eigenvalue weighted by atomic mass is 16.4. The van der Waals surface area contributed by atoms with Gasteiger partial charge in [-0.2, -0.15) is 0 Å². The van der Waals surface area contributed by atoms with Crippen molar-refractivity contribution in [3.8, 4) is 0 Å². The normalized spacial score (nSPS) is 16.1. The molecule has 6 N–H and O–H groups in total. The van der Waals surface area contributed by atoms with E-state index in [9.17, 15) is 19.8 Å². The fourth-order valence-corrected chi connectivity index (χ4v) is 1.52. The summed E-state index contributed by atoms with van der Waals surface area (Å²) in [4.78, 5) is 22.6. The predicted octanol–water partition coefficient (Wildman–Crippen LogP) is -3.08. The molecule has 0 rings (SSSR count). The molecular formula is C10H19NO8. The van der Waals surface area contributed by atoms with E-state index < -0.39 is 49.8 Å². The van der Waals surface area contributed by atoms with Crippen molar-refractivity contribution in [3.63, 3.8) is 0 Å². The van der Waals surface area contributed by atoms with Crippen LogP contribution in [-0.4, -0.2) is 92.0 Å². The number of hydrogen-bond acceptors (Lipinski definition) is 7. The molecule has 112 valence electrons. The second-order valence-corrected chi connectivity index (χ2v) is 4.08. The van der Waals surface area contributed by atoms with E-state index in [2.05, 4.69) is 0 Å². The van der Waals surface area contributed by atoms with E-state index in [1.54, 1.807) is 0 Å². The number of carboxylic acids is 2. The van der Waals surface area contributed by atoms with Crippen LogP contribution in [0.1, 0.15) is 6.42 Å². The molecule has 0 bridgehead atoms. The van der Waals surface area contributed by atoms with Crippen molar-refractivity contribution >= 4 is 11.9 Å². The Kier molecular flexibility index (Phi) is 8.19. The van der Waals surface area contributed by atoms with Crippen LogP contribution in [0.2, 0.25) is 0 Å². The zero-order valence-corrected chi connectivity index (χ0v) is 10.2. The first-order valence-electron chi connectivity index (χ1n) is 5.58. The van der Waals surface area contributed by atoms with Crippen LogP contribution in [0.5, 0.6) is 0 Å². The van der Waals surface area contributed by atoms with Crippen molar-refractivity contribution in [3.05, 3.63) is 0 Å². The van der Waals surface area contributed by atoms with Gasteiger partial charge in [0.05, 0.1) is 31.8 Å². The van der Waals surface area contributed by atoms with Crippen molar-refractivity contribution in [1.82, 2.24) is 4.90 Å². The van der Waals surface area contributed by atoms with Gasteiger partial charge in [0.2, 0.25) is 0 Å². The van der Waals surface area contributed by atoms with Crippen molar-refractivity contribution < 1.29 is 40.2 Å². The van der Waals surface area contributed by atoms with Crippen molar-refractivity contribution in [2.24, 2.45) is 0 Å². The summed E-state index contributed by atoms with van der Waals surface area (Å²) in [6.45, 7) is -1.94. The lowest BCUT2D eigenvalue weighted by atomic mass is 10.1. The zero-order valence-electron chi connectivity index (χ0n) is 10.2. The quantitative estimate of drug-likeness (QED) is 0.244. The minimum Gasteiger partial charge on any atom is -0.481 e. The van der Waals surface area contributed by atoms with Gasteiger partial charge in [0.1, 0.15) is 6.04 Å². The van der Waals surface area contributed by atoms with Crippen LogP contribution in [0.4, 0.5) is 0 Å². The Morgan fingerprint density at radius 2 is 1.37 bits per heavy atom. The first kappa shape index (κ1) is 17.7. The van der Waals surface area contributed by atoms with Crippen molar-refractivity contribution in [1.29, 1.82) is 0 Å². The van der Waals surface area contributed by atoms with Gasteiger partial charge in [-0.05, 0) is 0 Å². The molecule has 9 heteroatoms. The molecule has 19 heavy (non-hydrogen) atoms. The first-order chi connectivity index (χ1) is 8.81. The van der Waals surface area contributed by atoms with Gasteiger partial charge in [0.25, 0.3) is 0 Å². The molecule has 0 spiro atoms. The number of rotatable bonds is 10. The van der Waals surface area contributed by atoms with Crippen molar-refractivity contribution in [2.75, 3.05) is 26.3 Å². The standard InChI is InChI=1S/C10H19NO8/c12-4-6(14)2-11(3-7(15)5-13)8(10(18)19)1-9(16)17/h6-8,12-15H,1-5H2,(H,16,17)(H,18,19). The Labute approximate surface area is 109 Å². The van der Waals surface area contributed by atoms with E-state index in [1.165, 1.54) is 0 Å². The number of aliphatic carboxylic acids is 2. The average molecular weight is 281 g/mol. The average Bonchev–Trinajstić information content (AvgIpc) is 2.34. The molecule has 0 heterocycles.